The molecule has 0 radical (unpaired) electrons. The van der Waals surface area contributed by atoms with Gasteiger partial charge in [0, 0.05) is 15.4 Å². The number of hydrogen-bond donors (Lipinski definition) is 1. The van der Waals surface area contributed by atoms with Gasteiger partial charge < -0.3 is 0 Å². The van der Waals surface area contributed by atoms with Gasteiger partial charge in [0.1, 0.15) is 0 Å². The molecular weight excluding hydrogens is 312 g/mol. The summed E-state index contributed by atoms with van der Waals surface area (Å²) in [5.74, 6) is 0.0494. The molecule has 1 aromatic heterocycles. The van der Waals surface area contributed by atoms with Crippen LogP contribution in [0.4, 0.5) is 0 Å². The van der Waals surface area contributed by atoms with E-state index in [4.69, 9.17) is 0 Å². The highest BCUT2D eigenvalue weighted by Crippen LogP contribution is 2.23. The Hall–Kier alpha value is -0.680. The van der Waals surface area contributed by atoms with Crippen LogP contribution in [0.15, 0.2) is 22.8 Å². The van der Waals surface area contributed by atoms with E-state index in [0.717, 1.165) is 15.4 Å². The first-order valence-corrected chi connectivity index (χ1v) is 5.85. The molecule has 0 aliphatic heterocycles. The Morgan fingerprint density at radius 2 is 2.29 bits per heavy atom. The third kappa shape index (κ3) is 1.62. The summed E-state index contributed by atoms with van der Waals surface area (Å²) in [4.78, 5) is 11.5. The van der Waals surface area contributed by atoms with E-state index in [2.05, 4.69) is 42.1 Å². The van der Waals surface area contributed by atoms with Crippen LogP contribution in [0.5, 0.6) is 0 Å². The lowest BCUT2D eigenvalue weighted by molar-refractivity contribution is 0.102. The van der Waals surface area contributed by atoms with Gasteiger partial charge in [-0.3, -0.25) is 9.89 Å². The fourth-order valence-corrected chi connectivity index (χ4v) is 2.13. The van der Waals surface area contributed by atoms with Gasteiger partial charge in [0.05, 0.1) is 17.0 Å². The van der Waals surface area contributed by atoms with Gasteiger partial charge in [-0.2, -0.15) is 5.10 Å². The van der Waals surface area contributed by atoms with Crippen LogP contribution >= 0.6 is 31.9 Å². The number of nitrogens with zero attached hydrogens (tertiary/aromatic N) is 1. The van der Waals surface area contributed by atoms with Crippen molar-refractivity contribution >= 4 is 48.5 Å². The van der Waals surface area contributed by atoms with Crippen LogP contribution in [0.3, 0.4) is 0 Å². The van der Waals surface area contributed by atoms with E-state index in [9.17, 15) is 4.79 Å². The zero-order valence-corrected chi connectivity index (χ0v) is 10.2. The Morgan fingerprint density at radius 3 is 3.00 bits per heavy atom. The van der Waals surface area contributed by atoms with Crippen LogP contribution in [-0.4, -0.2) is 21.3 Å². The Balaban J connectivity index is 2.64. The van der Waals surface area contributed by atoms with Crippen molar-refractivity contribution < 1.29 is 4.79 Å². The SMILES string of the molecule is O=C(CBr)c1cc2[nH]ncc2cc1Br. The highest BCUT2D eigenvalue weighted by Gasteiger charge is 2.10. The minimum atomic E-state index is 0.0494. The van der Waals surface area contributed by atoms with Gasteiger partial charge in [-0.25, -0.2) is 0 Å². The lowest BCUT2D eigenvalue weighted by atomic mass is 10.1. The number of rotatable bonds is 2. The molecule has 0 aliphatic carbocycles. The number of nitrogens with one attached hydrogen (secondary N) is 1. The van der Waals surface area contributed by atoms with Crippen molar-refractivity contribution in [2.45, 2.75) is 0 Å². The molecule has 0 saturated heterocycles. The average molecular weight is 318 g/mol. The molecule has 2 aromatic rings. The fraction of sp³-hybridized carbons (Fsp3) is 0.111. The van der Waals surface area contributed by atoms with Gasteiger partial charge in [-0.05, 0) is 12.1 Å². The molecule has 72 valence electrons. The summed E-state index contributed by atoms with van der Waals surface area (Å²) >= 11 is 6.50. The van der Waals surface area contributed by atoms with Crippen molar-refractivity contribution in [1.29, 1.82) is 0 Å². The second-order valence-electron chi connectivity index (χ2n) is 2.85. The Morgan fingerprint density at radius 1 is 1.50 bits per heavy atom. The molecule has 0 saturated carbocycles. The summed E-state index contributed by atoms with van der Waals surface area (Å²) in [6.45, 7) is 0. The van der Waals surface area contributed by atoms with Crippen LogP contribution < -0.4 is 0 Å². The summed E-state index contributed by atoms with van der Waals surface area (Å²) in [7, 11) is 0. The summed E-state index contributed by atoms with van der Waals surface area (Å²) < 4.78 is 0.802. The van der Waals surface area contributed by atoms with Crippen LogP contribution in [0.1, 0.15) is 10.4 Å². The number of ketones is 1. The molecule has 2 rings (SSSR count). The van der Waals surface area contributed by atoms with E-state index < -0.39 is 0 Å². The highest BCUT2D eigenvalue weighted by atomic mass is 79.9. The second-order valence-corrected chi connectivity index (χ2v) is 4.26. The molecule has 14 heavy (non-hydrogen) atoms. The van der Waals surface area contributed by atoms with Crippen molar-refractivity contribution in [3.05, 3.63) is 28.4 Å². The van der Waals surface area contributed by atoms with Gasteiger partial charge in [0.2, 0.25) is 0 Å². The quantitative estimate of drug-likeness (QED) is 0.684. The van der Waals surface area contributed by atoms with Crippen molar-refractivity contribution in [2.75, 3.05) is 5.33 Å². The largest absolute Gasteiger partial charge is 0.293 e. The van der Waals surface area contributed by atoms with Gasteiger partial charge >= 0.3 is 0 Å². The average Bonchev–Trinajstić information content (AvgIpc) is 2.62. The first kappa shape index (κ1) is 9.86. The third-order valence-electron chi connectivity index (χ3n) is 1.95. The summed E-state index contributed by atoms with van der Waals surface area (Å²) in [5.41, 5.74) is 1.54. The number of aromatic nitrogens is 2. The van der Waals surface area contributed by atoms with Crippen LogP contribution in [0, 0.1) is 0 Å². The van der Waals surface area contributed by atoms with Crippen molar-refractivity contribution in [3.8, 4) is 0 Å². The molecule has 0 bridgehead atoms. The normalized spacial score (nSPS) is 10.7. The molecule has 1 N–H and O–H groups in total. The lowest BCUT2D eigenvalue weighted by Crippen LogP contribution is -2.00. The number of hydrogen-bond acceptors (Lipinski definition) is 2. The molecular formula is C9H6Br2N2O. The van der Waals surface area contributed by atoms with E-state index in [1.54, 1.807) is 12.3 Å². The Bertz CT molecular complexity index is 493. The Kier molecular flexibility index (Phi) is 2.69. The predicted octanol–water partition coefficient (Wildman–Crippen LogP) is 2.90. The van der Waals surface area contributed by atoms with Crippen LogP contribution in [-0.2, 0) is 0 Å². The van der Waals surface area contributed by atoms with Crippen LogP contribution in [0.2, 0.25) is 0 Å². The maximum absolute atomic E-state index is 11.5. The fourth-order valence-electron chi connectivity index (χ4n) is 1.25. The highest BCUT2D eigenvalue weighted by molar-refractivity contribution is 9.10. The summed E-state index contributed by atoms with van der Waals surface area (Å²) in [5, 5.41) is 8.04. The lowest BCUT2D eigenvalue weighted by Gasteiger charge is -2.00. The van der Waals surface area contributed by atoms with E-state index >= 15 is 0 Å². The van der Waals surface area contributed by atoms with Gasteiger partial charge in [0.25, 0.3) is 0 Å². The minimum Gasteiger partial charge on any atom is -0.293 e. The molecule has 0 unspecified atom stereocenters. The predicted molar refractivity (Wildman–Crippen MR) is 61.9 cm³/mol. The minimum absolute atomic E-state index is 0.0494. The van der Waals surface area contributed by atoms with Gasteiger partial charge in [0.15, 0.2) is 5.78 Å². The molecule has 5 heteroatoms. The summed E-state index contributed by atoms with van der Waals surface area (Å²) in [6, 6.07) is 3.69. The number of benzene rings is 1. The number of halogens is 2. The standard InChI is InChI=1S/C9H6Br2N2O/c10-3-9(14)6-2-8-5(1-7(6)11)4-12-13-8/h1-2,4H,3H2,(H,12,13). The summed E-state index contributed by atoms with van der Waals surface area (Å²) in [6.07, 6.45) is 1.72. The number of aromatic amines is 1. The number of carbonyl (C=O) groups excluding carboxylic acids is 1. The molecule has 0 aliphatic rings. The van der Waals surface area contributed by atoms with Crippen molar-refractivity contribution in [3.63, 3.8) is 0 Å². The van der Waals surface area contributed by atoms with Crippen molar-refractivity contribution in [2.24, 2.45) is 0 Å². The molecule has 1 heterocycles. The second kappa shape index (κ2) is 3.82. The first-order chi connectivity index (χ1) is 6.72. The van der Waals surface area contributed by atoms with E-state index in [1.807, 2.05) is 6.07 Å². The molecule has 0 spiro atoms. The van der Waals surface area contributed by atoms with Crippen molar-refractivity contribution in [1.82, 2.24) is 10.2 Å². The number of Topliss-reactive ketones (excluding diaryl/α,β-unsaturated/α-hetero) is 1. The monoisotopic (exact) mass is 316 g/mol. The van der Waals surface area contributed by atoms with Gasteiger partial charge in [-0.1, -0.05) is 31.9 Å². The molecule has 0 atom stereocenters. The molecule has 0 amide bonds. The number of carbonyl (C=O) groups is 1. The zero-order valence-electron chi connectivity index (χ0n) is 7.05. The third-order valence-corrected chi connectivity index (χ3v) is 3.11. The van der Waals surface area contributed by atoms with Crippen LogP contribution in [0.25, 0.3) is 10.9 Å². The van der Waals surface area contributed by atoms with E-state index in [-0.39, 0.29) is 5.78 Å². The van der Waals surface area contributed by atoms with E-state index in [1.165, 1.54) is 0 Å². The molecule has 3 nitrogen and oxygen atoms in total. The van der Waals surface area contributed by atoms with Gasteiger partial charge in [-0.15, -0.1) is 0 Å². The number of fused-ring (bicyclic) bond motifs is 1. The Labute approximate surface area is 97.1 Å². The van der Waals surface area contributed by atoms with E-state index in [0.29, 0.717) is 10.9 Å². The maximum Gasteiger partial charge on any atom is 0.174 e. The maximum atomic E-state index is 11.5. The molecule has 1 aromatic carbocycles. The zero-order chi connectivity index (χ0) is 10.1. The number of alkyl halides is 1. The smallest absolute Gasteiger partial charge is 0.174 e. The first-order valence-electron chi connectivity index (χ1n) is 3.94. The molecule has 0 fully saturated rings. The topological polar surface area (TPSA) is 45.8 Å². The number of H-pyrrole nitrogens is 1.